The van der Waals surface area contributed by atoms with Gasteiger partial charge in [-0.2, -0.15) is 0 Å². The minimum Gasteiger partial charge on any atom is -0.622 e. The summed E-state index contributed by atoms with van der Waals surface area (Å²) >= 11 is 3.32. The minimum absolute atomic E-state index is 0.152. The highest BCUT2D eigenvalue weighted by atomic mass is 79.9. The van der Waals surface area contributed by atoms with Gasteiger partial charge in [-0.15, -0.1) is 0 Å². The number of aryl methyl sites for hydroxylation is 1. The molecule has 1 heterocycles. The van der Waals surface area contributed by atoms with Gasteiger partial charge in [-0.25, -0.2) is 4.79 Å². The van der Waals surface area contributed by atoms with Crippen molar-refractivity contribution < 1.29 is 14.3 Å². The van der Waals surface area contributed by atoms with Gasteiger partial charge in [0.25, 0.3) is 0 Å². The first kappa shape index (κ1) is 15.9. The van der Waals surface area contributed by atoms with E-state index in [1.807, 2.05) is 0 Å². The fourth-order valence-corrected chi connectivity index (χ4v) is 3.06. The standard InChI is InChI=1S/C15H16BrNO4/c1-4-17(20)8-12(15(19)21-5-2)14(18)11-7-10(16)6-9(3)13(11)17/h6-8H,4-5H2,1-3H3. The van der Waals surface area contributed by atoms with E-state index in [0.29, 0.717) is 15.7 Å². The van der Waals surface area contributed by atoms with Crippen LogP contribution in [0.3, 0.4) is 0 Å². The molecule has 1 unspecified atom stereocenters. The van der Waals surface area contributed by atoms with E-state index in [-0.39, 0.29) is 24.3 Å². The summed E-state index contributed by atoms with van der Waals surface area (Å²) in [4.78, 5) is 24.4. The van der Waals surface area contributed by atoms with Gasteiger partial charge in [-0.05, 0) is 32.9 Å². The Morgan fingerprint density at radius 1 is 1.38 bits per heavy atom. The van der Waals surface area contributed by atoms with E-state index >= 15 is 0 Å². The van der Waals surface area contributed by atoms with Crippen molar-refractivity contribution in [2.45, 2.75) is 20.8 Å². The second-order valence-corrected chi connectivity index (χ2v) is 5.74. The third-order valence-electron chi connectivity index (χ3n) is 3.44. The smallest absolute Gasteiger partial charge is 0.347 e. The molecule has 6 heteroatoms. The molecule has 1 atom stereocenters. The molecule has 0 saturated carbocycles. The molecular weight excluding hydrogens is 338 g/mol. The first-order valence-electron chi connectivity index (χ1n) is 6.68. The van der Waals surface area contributed by atoms with Crippen LogP contribution in [-0.4, -0.2) is 24.9 Å². The average molecular weight is 354 g/mol. The predicted molar refractivity (Wildman–Crippen MR) is 83.6 cm³/mol. The van der Waals surface area contributed by atoms with Gasteiger partial charge >= 0.3 is 5.97 Å². The Labute approximate surface area is 131 Å². The summed E-state index contributed by atoms with van der Waals surface area (Å²) in [6.45, 7) is 5.48. The van der Waals surface area contributed by atoms with Crippen molar-refractivity contribution in [2.75, 3.05) is 13.2 Å². The molecule has 0 saturated heterocycles. The maximum absolute atomic E-state index is 13.0. The highest BCUT2D eigenvalue weighted by Crippen LogP contribution is 2.39. The number of quaternary nitrogens is 1. The summed E-state index contributed by atoms with van der Waals surface area (Å²) in [5, 5.41) is 13.0. The highest BCUT2D eigenvalue weighted by molar-refractivity contribution is 9.10. The van der Waals surface area contributed by atoms with Crippen molar-refractivity contribution >= 4 is 33.4 Å². The van der Waals surface area contributed by atoms with Crippen molar-refractivity contribution in [1.29, 1.82) is 0 Å². The number of hydrogen-bond donors (Lipinski definition) is 0. The van der Waals surface area contributed by atoms with Crippen LogP contribution in [0.4, 0.5) is 5.69 Å². The van der Waals surface area contributed by atoms with E-state index in [1.54, 1.807) is 32.9 Å². The Balaban J connectivity index is 2.68. The van der Waals surface area contributed by atoms with E-state index in [2.05, 4.69) is 15.9 Å². The minimum atomic E-state index is -0.839. The average Bonchev–Trinajstić information content (AvgIpc) is 2.42. The molecule has 1 aromatic rings. The first-order valence-corrected chi connectivity index (χ1v) is 7.47. The number of carbonyl (C=O) groups excluding carboxylic acids is 2. The van der Waals surface area contributed by atoms with Gasteiger partial charge in [-0.1, -0.05) is 15.9 Å². The number of Topliss-reactive ketones (excluding diaryl/α,β-unsaturated/α-hetero) is 1. The van der Waals surface area contributed by atoms with Crippen molar-refractivity contribution in [2.24, 2.45) is 0 Å². The number of ether oxygens (including phenoxy) is 1. The third-order valence-corrected chi connectivity index (χ3v) is 3.89. The van der Waals surface area contributed by atoms with Crippen molar-refractivity contribution in [3.8, 4) is 0 Å². The van der Waals surface area contributed by atoms with Crippen LogP contribution in [0.25, 0.3) is 0 Å². The van der Waals surface area contributed by atoms with E-state index in [9.17, 15) is 14.8 Å². The molecule has 2 rings (SSSR count). The maximum atomic E-state index is 13.0. The van der Waals surface area contributed by atoms with Crippen molar-refractivity contribution in [1.82, 2.24) is 4.65 Å². The lowest BCUT2D eigenvalue weighted by atomic mass is 9.95. The Bertz CT molecular complexity index is 653. The Kier molecular flexibility index (Phi) is 4.32. The molecule has 5 nitrogen and oxygen atoms in total. The lowest BCUT2D eigenvalue weighted by molar-refractivity contribution is -0.138. The summed E-state index contributed by atoms with van der Waals surface area (Å²) in [5.41, 5.74) is 1.16. The van der Waals surface area contributed by atoms with Crippen molar-refractivity contribution in [3.63, 3.8) is 0 Å². The van der Waals surface area contributed by atoms with Gasteiger partial charge in [0, 0.05) is 10.0 Å². The van der Waals surface area contributed by atoms with Crippen LogP contribution < -0.4 is 4.65 Å². The lowest BCUT2D eigenvalue weighted by Gasteiger charge is -2.42. The lowest BCUT2D eigenvalue weighted by Crippen LogP contribution is -2.43. The number of carbonyl (C=O) groups is 2. The maximum Gasteiger partial charge on any atom is 0.347 e. The van der Waals surface area contributed by atoms with E-state index in [1.165, 1.54) is 0 Å². The van der Waals surface area contributed by atoms with Crippen LogP contribution in [0.15, 0.2) is 28.4 Å². The molecule has 1 aliphatic rings. The van der Waals surface area contributed by atoms with Gasteiger partial charge in [-0.3, -0.25) is 4.79 Å². The largest absolute Gasteiger partial charge is 0.622 e. The number of rotatable bonds is 3. The van der Waals surface area contributed by atoms with Gasteiger partial charge in [0.15, 0.2) is 11.3 Å². The van der Waals surface area contributed by atoms with Crippen molar-refractivity contribution in [3.05, 3.63) is 44.7 Å². The molecular formula is C15H16BrNO4. The molecule has 0 spiro atoms. The molecule has 112 valence electrons. The number of benzene rings is 1. The zero-order valence-electron chi connectivity index (χ0n) is 12.1. The molecule has 0 radical (unpaired) electrons. The number of nitrogens with zero attached hydrogens (tertiary/aromatic N) is 1. The van der Waals surface area contributed by atoms with Gasteiger partial charge in [0.2, 0.25) is 5.78 Å². The van der Waals surface area contributed by atoms with Crippen LogP contribution in [0.5, 0.6) is 0 Å². The molecule has 0 N–H and O–H groups in total. The number of ketones is 1. The van der Waals surface area contributed by atoms with Gasteiger partial charge in [0.05, 0.1) is 18.7 Å². The number of halogens is 1. The van der Waals surface area contributed by atoms with Crippen LogP contribution in [0.2, 0.25) is 0 Å². The topological polar surface area (TPSA) is 66.4 Å². The number of fused-ring (bicyclic) bond motifs is 1. The summed E-state index contributed by atoms with van der Waals surface area (Å²) in [6, 6.07) is 3.37. The molecule has 21 heavy (non-hydrogen) atoms. The highest BCUT2D eigenvalue weighted by Gasteiger charge is 2.38. The predicted octanol–water partition coefficient (Wildman–Crippen LogP) is 3.23. The molecule has 0 amide bonds. The fraction of sp³-hybridized carbons (Fsp3) is 0.333. The van der Waals surface area contributed by atoms with Crippen LogP contribution in [0.1, 0.15) is 29.8 Å². The number of hydrogen-bond acceptors (Lipinski definition) is 4. The van der Waals surface area contributed by atoms with Gasteiger partial charge < -0.3 is 14.6 Å². The van der Waals surface area contributed by atoms with Crippen LogP contribution in [0, 0.1) is 12.1 Å². The molecule has 0 bridgehead atoms. The SMILES string of the molecule is CCOC(=O)C1=C[N+]([O-])(CC)c2c(C)cc(Br)cc2C1=O. The fourth-order valence-electron chi connectivity index (χ4n) is 2.49. The summed E-state index contributed by atoms with van der Waals surface area (Å²) < 4.78 is 4.73. The summed E-state index contributed by atoms with van der Waals surface area (Å²) in [7, 11) is 0. The van der Waals surface area contributed by atoms with E-state index in [4.69, 9.17) is 4.74 Å². The molecule has 1 aliphatic heterocycles. The van der Waals surface area contributed by atoms with E-state index < -0.39 is 16.4 Å². The monoisotopic (exact) mass is 353 g/mol. The zero-order chi connectivity index (χ0) is 15.8. The van der Waals surface area contributed by atoms with Crippen LogP contribution >= 0.6 is 15.9 Å². The van der Waals surface area contributed by atoms with E-state index in [0.717, 1.165) is 6.20 Å². The second kappa shape index (κ2) is 5.71. The molecule has 1 aromatic carbocycles. The zero-order valence-corrected chi connectivity index (χ0v) is 13.7. The second-order valence-electron chi connectivity index (χ2n) is 4.82. The molecule has 0 fully saturated rings. The van der Waals surface area contributed by atoms with Crippen LogP contribution in [-0.2, 0) is 9.53 Å². The molecule has 0 aromatic heterocycles. The summed E-state index contributed by atoms with van der Waals surface area (Å²) in [5.74, 6) is -1.22. The summed E-state index contributed by atoms with van der Waals surface area (Å²) in [6.07, 6.45) is 1.16. The normalized spacial score (nSPS) is 20.8. The molecule has 0 aliphatic carbocycles. The van der Waals surface area contributed by atoms with Gasteiger partial charge in [0.1, 0.15) is 6.20 Å². The third kappa shape index (κ3) is 2.66. The Morgan fingerprint density at radius 2 is 2.05 bits per heavy atom. The Hall–Kier alpha value is -1.50. The quantitative estimate of drug-likeness (QED) is 0.362. The first-order chi connectivity index (χ1) is 9.84. The number of esters is 1. The Morgan fingerprint density at radius 3 is 2.62 bits per heavy atom. The number of hydroxylamine groups is 2.